The maximum Gasteiger partial charge on any atom is 0.217 e. The molecule has 0 fully saturated rings. The summed E-state index contributed by atoms with van der Waals surface area (Å²) in [5.41, 5.74) is 0. The summed E-state index contributed by atoms with van der Waals surface area (Å²) >= 11 is 0. The molecule has 1 radical (unpaired) electrons. The molecule has 0 unspecified atom stereocenters. The highest BCUT2D eigenvalue weighted by atomic mass is 32.2. The summed E-state index contributed by atoms with van der Waals surface area (Å²) in [6, 6.07) is -0.750. The molecule has 0 aliphatic rings. The van der Waals surface area contributed by atoms with Gasteiger partial charge in [0.25, 0.3) is 0 Å². The van der Waals surface area contributed by atoms with E-state index in [4.69, 9.17) is 0 Å². The third kappa shape index (κ3) is 5.45. The lowest BCUT2D eigenvalue weighted by Crippen LogP contribution is -2.32. The zero-order chi connectivity index (χ0) is 7.49. The normalized spacial score (nSPS) is 14.9. The molecule has 0 aliphatic carbocycles. The molecule has 0 heterocycles. The van der Waals surface area contributed by atoms with Gasteiger partial charge < -0.3 is 0 Å². The maximum absolute atomic E-state index is 10.3. The summed E-state index contributed by atoms with van der Waals surface area (Å²) in [5, 5.41) is 0. The Bertz CT molecular complexity index is 184. The quantitative estimate of drug-likeness (QED) is 0.563. The van der Waals surface area contributed by atoms with Crippen molar-refractivity contribution in [3.05, 3.63) is 0 Å². The number of nitrogens with one attached hydrogen (secondary N) is 1. The van der Waals surface area contributed by atoms with Gasteiger partial charge in [-0.25, -0.2) is 13.1 Å². The SMILES string of the molecule is C[C@@H]([C]=O)NS(C)(=O)=O. The second kappa shape index (κ2) is 2.93. The summed E-state index contributed by atoms with van der Waals surface area (Å²) in [5.74, 6) is 0. The van der Waals surface area contributed by atoms with Crippen LogP contribution < -0.4 is 4.72 Å². The number of carbonyl (C=O) groups excluding carboxylic acids is 1. The minimum Gasteiger partial charge on any atom is -0.289 e. The number of hydrogen-bond acceptors (Lipinski definition) is 3. The number of sulfonamides is 1. The van der Waals surface area contributed by atoms with Gasteiger partial charge in [-0.2, -0.15) is 0 Å². The van der Waals surface area contributed by atoms with E-state index in [1.807, 2.05) is 4.72 Å². The predicted octanol–water partition coefficient (Wildman–Crippen LogP) is -0.966. The zero-order valence-electron chi connectivity index (χ0n) is 5.21. The highest BCUT2D eigenvalue weighted by Crippen LogP contribution is 1.78. The van der Waals surface area contributed by atoms with E-state index in [2.05, 4.69) is 0 Å². The summed E-state index contributed by atoms with van der Waals surface area (Å²) in [7, 11) is -3.25. The van der Waals surface area contributed by atoms with E-state index in [1.165, 1.54) is 13.2 Å². The molecule has 0 aliphatic heterocycles. The van der Waals surface area contributed by atoms with E-state index in [0.29, 0.717) is 0 Å². The third-order valence-corrected chi connectivity index (χ3v) is 1.35. The molecule has 0 saturated heterocycles. The molecule has 0 aromatic heterocycles. The Hall–Kier alpha value is -0.420. The standard InChI is InChI=1S/C4H8NO3S/c1-4(3-6)5-9(2,7)8/h4-5H,1-2H3/t4-/m0/s1. The van der Waals surface area contributed by atoms with E-state index in [9.17, 15) is 13.2 Å². The maximum atomic E-state index is 10.3. The predicted molar refractivity (Wildman–Crippen MR) is 33.1 cm³/mol. The second-order valence-corrected chi connectivity index (χ2v) is 3.51. The van der Waals surface area contributed by atoms with Gasteiger partial charge in [0.05, 0.1) is 12.3 Å². The van der Waals surface area contributed by atoms with E-state index in [1.54, 1.807) is 0 Å². The smallest absolute Gasteiger partial charge is 0.217 e. The first kappa shape index (κ1) is 8.58. The van der Waals surface area contributed by atoms with Crippen LogP contribution in [-0.2, 0) is 14.8 Å². The topological polar surface area (TPSA) is 63.2 Å². The Morgan fingerprint density at radius 1 is 1.56 bits per heavy atom. The summed E-state index contributed by atoms with van der Waals surface area (Å²) in [6.45, 7) is 1.41. The van der Waals surface area contributed by atoms with Crippen LogP contribution in [0.15, 0.2) is 0 Å². The molecule has 5 heteroatoms. The lowest BCUT2D eigenvalue weighted by molar-refractivity contribution is 0.535. The van der Waals surface area contributed by atoms with Gasteiger partial charge >= 0.3 is 0 Å². The molecule has 9 heavy (non-hydrogen) atoms. The lowest BCUT2D eigenvalue weighted by Gasteiger charge is -2.00. The van der Waals surface area contributed by atoms with Crippen LogP contribution in [0.25, 0.3) is 0 Å². The highest BCUT2D eigenvalue weighted by Gasteiger charge is 2.06. The van der Waals surface area contributed by atoms with Gasteiger partial charge in [-0.1, -0.05) is 0 Å². The van der Waals surface area contributed by atoms with Crippen LogP contribution in [0.5, 0.6) is 0 Å². The van der Waals surface area contributed by atoms with Gasteiger partial charge in [0.1, 0.15) is 0 Å². The van der Waals surface area contributed by atoms with Crippen molar-refractivity contribution in [2.75, 3.05) is 6.26 Å². The molecule has 53 valence electrons. The van der Waals surface area contributed by atoms with Crippen LogP contribution in [0.3, 0.4) is 0 Å². The average Bonchev–Trinajstić information content (AvgIpc) is 1.62. The van der Waals surface area contributed by atoms with Gasteiger partial charge in [0.15, 0.2) is 0 Å². The molecule has 0 aromatic rings. The Balaban J connectivity index is 3.89. The van der Waals surface area contributed by atoms with Gasteiger partial charge in [0, 0.05) is 0 Å². The summed E-state index contributed by atoms with van der Waals surface area (Å²) in [6.07, 6.45) is 2.47. The molecule has 0 amide bonds. The van der Waals surface area contributed by atoms with Crippen LogP contribution in [0.2, 0.25) is 0 Å². The van der Waals surface area contributed by atoms with E-state index >= 15 is 0 Å². The van der Waals surface area contributed by atoms with Crippen molar-refractivity contribution in [1.29, 1.82) is 0 Å². The molecule has 1 atom stereocenters. The highest BCUT2D eigenvalue weighted by molar-refractivity contribution is 7.88. The molecular formula is C4H8NO3S. The van der Waals surface area contributed by atoms with Crippen LogP contribution in [0, 0.1) is 0 Å². The number of rotatable bonds is 3. The van der Waals surface area contributed by atoms with Gasteiger partial charge in [-0.05, 0) is 6.92 Å². The average molecular weight is 150 g/mol. The summed E-state index contributed by atoms with van der Waals surface area (Å²) in [4.78, 5) is 9.73. The Morgan fingerprint density at radius 3 is 2.11 bits per heavy atom. The first-order valence-electron chi connectivity index (χ1n) is 2.30. The van der Waals surface area contributed by atoms with Gasteiger partial charge in [-0.15, -0.1) is 0 Å². The Kier molecular flexibility index (Phi) is 2.80. The molecule has 4 nitrogen and oxygen atoms in total. The first-order valence-corrected chi connectivity index (χ1v) is 4.20. The fourth-order valence-corrected chi connectivity index (χ4v) is 1.04. The lowest BCUT2D eigenvalue weighted by atomic mass is 10.4. The van der Waals surface area contributed by atoms with E-state index in [-0.39, 0.29) is 0 Å². The van der Waals surface area contributed by atoms with Crippen LogP contribution in [-0.4, -0.2) is 27.0 Å². The molecule has 0 saturated carbocycles. The van der Waals surface area contributed by atoms with Crippen molar-refractivity contribution >= 4 is 16.3 Å². The molecule has 1 N–H and O–H groups in total. The van der Waals surface area contributed by atoms with Crippen LogP contribution in [0.1, 0.15) is 6.92 Å². The van der Waals surface area contributed by atoms with Crippen molar-refractivity contribution in [1.82, 2.24) is 4.72 Å². The van der Waals surface area contributed by atoms with Crippen LogP contribution >= 0.6 is 0 Å². The molecule has 0 rings (SSSR count). The van der Waals surface area contributed by atoms with Gasteiger partial charge in [-0.3, -0.25) is 4.79 Å². The number of hydrogen-bond donors (Lipinski definition) is 1. The van der Waals surface area contributed by atoms with Crippen LogP contribution in [0.4, 0.5) is 0 Å². The van der Waals surface area contributed by atoms with E-state index in [0.717, 1.165) is 6.26 Å². The van der Waals surface area contributed by atoms with Crippen molar-refractivity contribution < 1.29 is 13.2 Å². The first-order chi connectivity index (χ1) is 3.95. The van der Waals surface area contributed by atoms with E-state index < -0.39 is 16.1 Å². The Labute approximate surface area is 54.3 Å². The zero-order valence-corrected chi connectivity index (χ0v) is 6.03. The minimum absolute atomic E-state index is 0.750. The fourth-order valence-electron chi connectivity index (χ4n) is 0.345. The second-order valence-electron chi connectivity index (χ2n) is 1.73. The monoisotopic (exact) mass is 150 g/mol. The molecular weight excluding hydrogens is 142 g/mol. The fraction of sp³-hybridized carbons (Fsp3) is 0.750. The van der Waals surface area contributed by atoms with Gasteiger partial charge in [0.2, 0.25) is 16.3 Å². The van der Waals surface area contributed by atoms with Crippen molar-refractivity contribution in [2.45, 2.75) is 13.0 Å². The molecule has 0 spiro atoms. The van der Waals surface area contributed by atoms with Crippen molar-refractivity contribution in [3.63, 3.8) is 0 Å². The van der Waals surface area contributed by atoms with Crippen molar-refractivity contribution in [3.8, 4) is 0 Å². The molecule has 0 aromatic carbocycles. The summed E-state index contributed by atoms with van der Waals surface area (Å²) < 4.78 is 22.6. The Morgan fingerprint density at radius 2 is 2.00 bits per heavy atom. The van der Waals surface area contributed by atoms with Crippen molar-refractivity contribution in [2.24, 2.45) is 0 Å². The third-order valence-electron chi connectivity index (χ3n) is 0.568. The largest absolute Gasteiger partial charge is 0.289 e. The minimum atomic E-state index is -3.25. The molecule has 0 bridgehead atoms.